The normalized spacial score (nSPS) is 20.3. The van der Waals surface area contributed by atoms with Crippen LogP contribution in [0.3, 0.4) is 0 Å². The highest BCUT2D eigenvalue weighted by Gasteiger charge is 2.25. The molecule has 0 radical (unpaired) electrons. The SMILES string of the molecule is OCC(NC1CC1)c1ccc2c(c1)CCO2. The number of hydrogen-bond donors (Lipinski definition) is 2. The van der Waals surface area contributed by atoms with Gasteiger partial charge in [-0.05, 0) is 30.0 Å². The third-order valence-electron chi connectivity index (χ3n) is 3.31. The molecule has 0 bridgehead atoms. The molecule has 3 nitrogen and oxygen atoms in total. The fourth-order valence-electron chi connectivity index (χ4n) is 2.21. The van der Waals surface area contributed by atoms with Crippen molar-refractivity contribution in [1.82, 2.24) is 5.32 Å². The van der Waals surface area contributed by atoms with Gasteiger partial charge in [0.05, 0.1) is 19.3 Å². The molecule has 16 heavy (non-hydrogen) atoms. The largest absolute Gasteiger partial charge is 0.493 e. The fraction of sp³-hybridized carbons (Fsp3) is 0.538. The van der Waals surface area contributed by atoms with Gasteiger partial charge in [-0.3, -0.25) is 0 Å². The van der Waals surface area contributed by atoms with Crippen molar-refractivity contribution in [2.75, 3.05) is 13.2 Å². The number of aliphatic hydroxyl groups excluding tert-OH is 1. The number of rotatable bonds is 4. The lowest BCUT2D eigenvalue weighted by Crippen LogP contribution is -2.26. The zero-order valence-corrected chi connectivity index (χ0v) is 9.28. The molecule has 3 rings (SSSR count). The molecule has 0 aromatic heterocycles. The molecule has 1 aromatic rings. The van der Waals surface area contributed by atoms with Crippen LogP contribution in [0, 0.1) is 0 Å². The number of benzene rings is 1. The molecule has 1 aromatic carbocycles. The number of hydrogen-bond acceptors (Lipinski definition) is 3. The minimum absolute atomic E-state index is 0.0819. The van der Waals surface area contributed by atoms with E-state index in [0.717, 1.165) is 18.8 Å². The van der Waals surface area contributed by atoms with Gasteiger partial charge < -0.3 is 15.2 Å². The molecule has 2 aliphatic rings. The van der Waals surface area contributed by atoms with E-state index in [1.54, 1.807) is 0 Å². The number of aliphatic hydroxyl groups is 1. The van der Waals surface area contributed by atoms with Gasteiger partial charge in [0.25, 0.3) is 0 Å². The van der Waals surface area contributed by atoms with Crippen LogP contribution in [-0.4, -0.2) is 24.4 Å². The summed E-state index contributed by atoms with van der Waals surface area (Å²) in [7, 11) is 0. The topological polar surface area (TPSA) is 41.5 Å². The zero-order chi connectivity index (χ0) is 11.0. The van der Waals surface area contributed by atoms with Crippen LogP contribution >= 0.6 is 0 Å². The average molecular weight is 219 g/mol. The van der Waals surface area contributed by atoms with Crippen LogP contribution in [0.5, 0.6) is 5.75 Å². The molecular formula is C13H17NO2. The summed E-state index contributed by atoms with van der Waals surface area (Å²) in [5.41, 5.74) is 2.45. The van der Waals surface area contributed by atoms with Crippen molar-refractivity contribution >= 4 is 0 Å². The summed E-state index contributed by atoms with van der Waals surface area (Å²) in [4.78, 5) is 0. The first-order chi connectivity index (χ1) is 7.86. The van der Waals surface area contributed by atoms with E-state index < -0.39 is 0 Å². The molecule has 3 heteroatoms. The summed E-state index contributed by atoms with van der Waals surface area (Å²) < 4.78 is 5.48. The molecule has 1 aliphatic heterocycles. The van der Waals surface area contributed by atoms with Crippen LogP contribution in [0.1, 0.15) is 30.0 Å². The average Bonchev–Trinajstić information content (AvgIpc) is 3.01. The van der Waals surface area contributed by atoms with Gasteiger partial charge >= 0.3 is 0 Å². The lowest BCUT2D eigenvalue weighted by Gasteiger charge is -2.17. The summed E-state index contributed by atoms with van der Waals surface area (Å²) in [6.07, 6.45) is 3.47. The Kier molecular flexibility index (Phi) is 2.58. The maximum atomic E-state index is 9.41. The van der Waals surface area contributed by atoms with E-state index in [0.29, 0.717) is 6.04 Å². The molecular weight excluding hydrogens is 202 g/mol. The van der Waals surface area contributed by atoms with Crippen molar-refractivity contribution < 1.29 is 9.84 Å². The van der Waals surface area contributed by atoms with Crippen molar-refractivity contribution in [2.24, 2.45) is 0 Å². The third-order valence-corrected chi connectivity index (χ3v) is 3.31. The van der Waals surface area contributed by atoms with Crippen molar-refractivity contribution in [3.05, 3.63) is 29.3 Å². The molecule has 1 saturated carbocycles. The van der Waals surface area contributed by atoms with Crippen molar-refractivity contribution in [3.63, 3.8) is 0 Å². The second-order valence-corrected chi connectivity index (χ2v) is 4.64. The maximum Gasteiger partial charge on any atom is 0.122 e. The van der Waals surface area contributed by atoms with Crippen LogP contribution in [0.4, 0.5) is 0 Å². The lowest BCUT2D eigenvalue weighted by atomic mass is 10.0. The first-order valence-corrected chi connectivity index (χ1v) is 5.99. The van der Waals surface area contributed by atoms with E-state index in [9.17, 15) is 5.11 Å². The van der Waals surface area contributed by atoms with Gasteiger partial charge in [-0.1, -0.05) is 12.1 Å². The molecule has 0 saturated heterocycles. The van der Waals surface area contributed by atoms with E-state index in [-0.39, 0.29) is 12.6 Å². The molecule has 1 unspecified atom stereocenters. The minimum Gasteiger partial charge on any atom is -0.493 e. The number of nitrogens with one attached hydrogen (secondary N) is 1. The molecule has 0 spiro atoms. The fourth-order valence-corrected chi connectivity index (χ4v) is 2.21. The Morgan fingerprint density at radius 3 is 3.06 bits per heavy atom. The second-order valence-electron chi connectivity index (χ2n) is 4.64. The first-order valence-electron chi connectivity index (χ1n) is 5.99. The van der Waals surface area contributed by atoms with Gasteiger partial charge in [0.1, 0.15) is 5.75 Å². The summed E-state index contributed by atoms with van der Waals surface area (Å²) >= 11 is 0. The summed E-state index contributed by atoms with van der Waals surface area (Å²) in [5.74, 6) is 1.01. The van der Waals surface area contributed by atoms with Gasteiger partial charge in [-0.25, -0.2) is 0 Å². The van der Waals surface area contributed by atoms with Gasteiger partial charge in [0.15, 0.2) is 0 Å². The quantitative estimate of drug-likeness (QED) is 0.804. The molecule has 2 N–H and O–H groups in total. The Morgan fingerprint density at radius 2 is 2.31 bits per heavy atom. The smallest absolute Gasteiger partial charge is 0.122 e. The predicted molar refractivity (Wildman–Crippen MR) is 61.6 cm³/mol. The summed E-state index contributed by atoms with van der Waals surface area (Å²) in [6, 6.07) is 6.94. The first kappa shape index (κ1) is 10.1. The van der Waals surface area contributed by atoms with Gasteiger partial charge in [0, 0.05) is 12.5 Å². The van der Waals surface area contributed by atoms with E-state index in [1.165, 1.54) is 24.0 Å². The Morgan fingerprint density at radius 1 is 1.44 bits per heavy atom. The van der Waals surface area contributed by atoms with Gasteiger partial charge in [-0.15, -0.1) is 0 Å². The van der Waals surface area contributed by atoms with Crippen LogP contribution in [0.25, 0.3) is 0 Å². The zero-order valence-electron chi connectivity index (χ0n) is 9.28. The second kappa shape index (κ2) is 4.07. The molecule has 0 amide bonds. The minimum atomic E-state index is 0.0819. The molecule has 1 fully saturated rings. The van der Waals surface area contributed by atoms with Gasteiger partial charge in [-0.2, -0.15) is 0 Å². The van der Waals surface area contributed by atoms with Crippen LogP contribution in [0.2, 0.25) is 0 Å². The molecule has 1 heterocycles. The van der Waals surface area contributed by atoms with Crippen LogP contribution < -0.4 is 10.1 Å². The summed E-state index contributed by atoms with van der Waals surface area (Å²) in [6.45, 7) is 0.953. The van der Waals surface area contributed by atoms with E-state index >= 15 is 0 Å². The van der Waals surface area contributed by atoms with Crippen molar-refractivity contribution in [3.8, 4) is 5.75 Å². The Hall–Kier alpha value is -1.06. The number of fused-ring (bicyclic) bond motifs is 1. The van der Waals surface area contributed by atoms with Crippen molar-refractivity contribution in [2.45, 2.75) is 31.3 Å². The highest BCUT2D eigenvalue weighted by Crippen LogP contribution is 2.29. The highest BCUT2D eigenvalue weighted by atomic mass is 16.5. The molecule has 1 atom stereocenters. The third kappa shape index (κ3) is 1.93. The Bertz CT molecular complexity index is 388. The Labute approximate surface area is 95.4 Å². The van der Waals surface area contributed by atoms with Crippen LogP contribution in [0.15, 0.2) is 18.2 Å². The van der Waals surface area contributed by atoms with Gasteiger partial charge in [0.2, 0.25) is 0 Å². The standard InChI is InChI=1S/C13H17NO2/c15-8-12(14-11-2-3-11)9-1-4-13-10(7-9)5-6-16-13/h1,4,7,11-12,14-15H,2-3,5-6,8H2. The van der Waals surface area contributed by atoms with E-state index in [1.807, 2.05) is 6.07 Å². The van der Waals surface area contributed by atoms with E-state index in [4.69, 9.17) is 4.74 Å². The highest BCUT2D eigenvalue weighted by molar-refractivity contribution is 5.40. The number of ether oxygens (including phenoxy) is 1. The molecule has 1 aliphatic carbocycles. The molecule has 86 valence electrons. The Balaban J connectivity index is 1.80. The summed E-state index contributed by atoms with van der Waals surface area (Å²) in [5, 5.41) is 12.9. The van der Waals surface area contributed by atoms with Crippen LogP contribution in [-0.2, 0) is 6.42 Å². The monoisotopic (exact) mass is 219 g/mol. The van der Waals surface area contributed by atoms with Crippen molar-refractivity contribution in [1.29, 1.82) is 0 Å². The van der Waals surface area contributed by atoms with E-state index in [2.05, 4.69) is 17.4 Å². The predicted octanol–water partition coefficient (Wildman–Crippen LogP) is 1.41. The maximum absolute atomic E-state index is 9.41. The lowest BCUT2D eigenvalue weighted by molar-refractivity contribution is 0.243.